The Morgan fingerprint density at radius 2 is 1.92 bits per heavy atom. The Labute approximate surface area is 152 Å². The van der Waals surface area contributed by atoms with Gasteiger partial charge in [0.25, 0.3) is 5.56 Å². The monoisotopic (exact) mass is 349 g/mol. The first-order valence-corrected chi connectivity index (χ1v) is 9.09. The summed E-state index contributed by atoms with van der Waals surface area (Å²) in [4.78, 5) is 22.2. The highest BCUT2D eigenvalue weighted by Gasteiger charge is 2.27. The van der Waals surface area contributed by atoms with Gasteiger partial charge in [0.05, 0.1) is 29.7 Å². The first kappa shape index (κ1) is 16.9. The van der Waals surface area contributed by atoms with Gasteiger partial charge in [0.2, 0.25) is 0 Å². The largest absolute Gasteiger partial charge is 0.375 e. The molecule has 134 valence electrons. The van der Waals surface area contributed by atoms with Crippen molar-refractivity contribution in [3.63, 3.8) is 0 Å². The predicted molar refractivity (Wildman–Crippen MR) is 102 cm³/mol. The molecule has 5 nitrogen and oxygen atoms in total. The summed E-state index contributed by atoms with van der Waals surface area (Å²) in [7, 11) is 0. The van der Waals surface area contributed by atoms with E-state index >= 15 is 0 Å². The topological polar surface area (TPSA) is 58.2 Å². The lowest BCUT2D eigenvalue weighted by molar-refractivity contribution is -0.0559. The summed E-state index contributed by atoms with van der Waals surface area (Å²) in [6.07, 6.45) is 0.912. The van der Waals surface area contributed by atoms with Gasteiger partial charge in [-0.25, -0.2) is 4.98 Å². The van der Waals surface area contributed by atoms with Crippen molar-refractivity contribution in [1.29, 1.82) is 0 Å². The molecule has 0 radical (unpaired) electrons. The fourth-order valence-electron chi connectivity index (χ4n) is 3.60. The number of fused-ring (bicyclic) bond motifs is 1. The number of para-hydroxylation sites is 1. The number of rotatable bonds is 4. The third kappa shape index (κ3) is 3.54. The normalized spacial score (nSPS) is 21.1. The van der Waals surface area contributed by atoms with Gasteiger partial charge in [-0.15, -0.1) is 0 Å². The number of H-pyrrole nitrogens is 1. The number of morpholine rings is 1. The Balaban J connectivity index is 1.54. The van der Waals surface area contributed by atoms with E-state index in [1.165, 1.54) is 5.56 Å². The molecule has 2 atom stereocenters. The Hall–Kier alpha value is -2.50. The number of hydrogen-bond acceptors (Lipinski definition) is 4. The molecule has 1 aliphatic heterocycles. The van der Waals surface area contributed by atoms with Crippen LogP contribution in [0.4, 0.5) is 0 Å². The van der Waals surface area contributed by atoms with Crippen molar-refractivity contribution in [2.75, 3.05) is 19.7 Å². The van der Waals surface area contributed by atoms with Crippen molar-refractivity contribution in [2.45, 2.75) is 25.5 Å². The molecule has 2 heterocycles. The molecular weight excluding hydrogens is 326 g/mol. The molecule has 0 aliphatic carbocycles. The molecule has 1 N–H and O–H groups in total. The van der Waals surface area contributed by atoms with Crippen LogP contribution in [0.25, 0.3) is 10.9 Å². The number of ether oxygens (including phenoxy) is 1. The molecule has 4 rings (SSSR count). The number of aromatic nitrogens is 2. The Bertz CT molecular complexity index is 939. The summed E-state index contributed by atoms with van der Waals surface area (Å²) in [5, 5.41) is 0.637. The third-order valence-corrected chi connectivity index (χ3v) is 4.95. The van der Waals surface area contributed by atoms with Gasteiger partial charge in [0.1, 0.15) is 5.82 Å². The van der Waals surface area contributed by atoms with Crippen LogP contribution in [0.2, 0.25) is 0 Å². The van der Waals surface area contributed by atoms with E-state index in [0.29, 0.717) is 18.4 Å². The van der Waals surface area contributed by atoms with Crippen LogP contribution < -0.4 is 5.56 Å². The fourth-order valence-corrected chi connectivity index (χ4v) is 3.60. The lowest BCUT2D eigenvalue weighted by atomic mass is 10.0. The van der Waals surface area contributed by atoms with Gasteiger partial charge in [-0.3, -0.25) is 9.69 Å². The molecule has 0 bridgehead atoms. The highest BCUT2D eigenvalue weighted by atomic mass is 16.5. The maximum absolute atomic E-state index is 12.3. The number of nitrogens with zero attached hydrogens (tertiary/aromatic N) is 2. The van der Waals surface area contributed by atoms with E-state index in [-0.39, 0.29) is 17.7 Å². The van der Waals surface area contributed by atoms with Crippen LogP contribution in [0.1, 0.15) is 24.4 Å². The lowest BCUT2D eigenvalue weighted by Gasteiger charge is -2.38. The Morgan fingerprint density at radius 1 is 1.15 bits per heavy atom. The van der Waals surface area contributed by atoms with Crippen molar-refractivity contribution in [3.8, 4) is 0 Å². The molecule has 3 aromatic rings. The number of benzene rings is 2. The SMILES string of the molecule is C[C@H]1CN(CCc2nc3ccccc3c(=O)[nH]2)[C@@H](c2ccccc2)CO1. The quantitative estimate of drug-likeness (QED) is 0.787. The number of nitrogens with one attached hydrogen (secondary N) is 1. The molecule has 0 saturated carbocycles. The number of hydrogen-bond donors (Lipinski definition) is 1. The standard InChI is InChI=1S/C21H23N3O2/c1-15-13-24(19(14-26-15)16-7-3-2-4-8-16)12-11-20-22-18-10-6-5-9-17(18)21(25)23-20/h2-10,15,19H,11-14H2,1H3,(H,22,23,25)/t15-,19+/m0/s1. The van der Waals surface area contributed by atoms with Gasteiger partial charge < -0.3 is 9.72 Å². The Morgan fingerprint density at radius 3 is 2.77 bits per heavy atom. The summed E-state index contributed by atoms with van der Waals surface area (Å²) < 4.78 is 5.89. The van der Waals surface area contributed by atoms with E-state index in [4.69, 9.17) is 4.74 Å². The molecule has 1 aromatic heterocycles. The van der Waals surface area contributed by atoms with Crippen LogP contribution in [-0.2, 0) is 11.2 Å². The average Bonchev–Trinajstić information content (AvgIpc) is 2.67. The summed E-state index contributed by atoms with van der Waals surface area (Å²) in [5.41, 5.74) is 1.95. The molecule has 5 heteroatoms. The van der Waals surface area contributed by atoms with E-state index in [2.05, 4.69) is 46.1 Å². The molecule has 0 spiro atoms. The first-order chi connectivity index (χ1) is 12.7. The van der Waals surface area contributed by atoms with Gasteiger partial charge in [0.15, 0.2) is 0 Å². The summed E-state index contributed by atoms with van der Waals surface area (Å²) in [6, 6.07) is 18.1. The van der Waals surface area contributed by atoms with Crippen LogP contribution in [0.5, 0.6) is 0 Å². The molecule has 0 amide bonds. The number of aromatic amines is 1. The van der Waals surface area contributed by atoms with Crippen molar-refractivity contribution in [2.24, 2.45) is 0 Å². The summed E-state index contributed by atoms with van der Waals surface area (Å²) >= 11 is 0. The van der Waals surface area contributed by atoms with Gasteiger partial charge >= 0.3 is 0 Å². The second kappa shape index (κ2) is 7.40. The van der Waals surface area contributed by atoms with E-state index in [0.717, 1.165) is 24.4 Å². The van der Waals surface area contributed by atoms with E-state index in [1.807, 2.05) is 24.3 Å². The minimum absolute atomic E-state index is 0.0689. The van der Waals surface area contributed by atoms with Gasteiger partial charge in [-0.2, -0.15) is 0 Å². The van der Waals surface area contributed by atoms with Gasteiger partial charge in [-0.05, 0) is 24.6 Å². The van der Waals surface area contributed by atoms with Crippen molar-refractivity contribution < 1.29 is 4.74 Å². The maximum Gasteiger partial charge on any atom is 0.258 e. The lowest BCUT2D eigenvalue weighted by Crippen LogP contribution is -2.44. The van der Waals surface area contributed by atoms with E-state index < -0.39 is 0 Å². The van der Waals surface area contributed by atoms with Crippen LogP contribution >= 0.6 is 0 Å². The zero-order valence-corrected chi connectivity index (χ0v) is 14.9. The van der Waals surface area contributed by atoms with Crippen molar-refractivity contribution in [1.82, 2.24) is 14.9 Å². The Kier molecular flexibility index (Phi) is 4.82. The van der Waals surface area contributed by atoms with Crippen molar-refractivity contribution >= 4 is 10.9 Å². The van der Waals surface area contributed by atoms with E-state index in [9.17, 15) is 4.79 Å². The molecule has 26 heavy (non-hydrogen) atoms. The predicted octanol–water partition coefficient (Wildman–Crippen LogP) is 2.93. The summed E-state index contributed by atoms with van der Waals surface area (Å²) in [5.74, 6) is 0.736. The third-order valence-electron chi connectivity index (χ3n) is 4.95. The molecule has 2 aromatic carbocycles. The van der Waals surface area contributed by atoms with Crippen LogP contribution in [0.3, 0.4) is 0 Å². The zero-order valence-electron chi connectivity index (χ0n) is 14.9. The molecule has 1 aliphatic rings. The highest BCUT2D eigenvalue weighted by Crippen LogP contribution is 2.26. The maximum atomic E-state index is 12.3. The zero-order chi connectivity index (χ0) is 17.9. The van der Waals surface area contributed by atoms with Crippen LogP contribution in [-0.4, -0.2) is 40.7 Å². The average molecular weight is 349 g/mol. The van der Waals surface area contributed by atoms with Crippen LogP contribution in [0.15, 0.2) is 59.4 Å². The molecule has 1 fully saturated rings. The van der Waals surface area contributed by atoms with Gasteiger partial charge in [0, 0.05) is 19.5 Å². The highest BCUT2D eigenvalue weighted by molar-refractivity contribution is 5.77. The van der Waals surface area contributed by atoms with E-state index in [1.54, 1.807) is 6.07 Å². The minimum Gasteiger partial charge on any atom is -0.375 e. The second-order valence-electron chi connectivity index (χ2n) is 6.85. The molecule has 0 unspecified atom stereocenters. The first-order valence-electron chi connectivity index (χ1n) is 9.09. The second-order valence-corrected chi connectivity index (χ2v) is 6.85. The smallest absolute Gasteiger partial charge is 0.258 e. The molecule has 1 saturated heterocycles. The summed E-state index contributed by atoms with van der Waals surface area (Å²) in [6.45, 7) is 4.49. The van der Waals surface area contributed by atoms with Gasteiger partial charge in [-0.1, -0.05) is 42.5 Å². The van der Waals surface area contributed by atoms with Crippen molar-refractivity contribution in [3.05, 3.63) is 76.3 Å². The minimum atomic E-state index is -0.0689. The van der Waals surface area contributed by atoms with Crippen LogP contribution in [0, 0.1) is 0 Å². The molecular formula is C21H23N3O2. The fraction of sp³-hybridized carbons (Fsp3) is 0.333.